The quantitative estimate of drug-likeness (QED) is 0.0169. The molecule has 0 saturated heterocycles. The molecule has 0 fully saturated rings. The number of carbonyl (C=O) groups is 4. The van der Waals surface area contributed by atoms with Crippen molar-refractivity contribution in [2.24, 2.45) is 0 Å². The smallest absolute Gasteiger partial charge is 0.462 e. The minimum atomic E-state index is -4.98. The van der Waals surface area contributed by atoms with Crippen LogP contribution in [0.4, 0.5) is 0 Å². The van der Waals surface area contributed by atoms with Crippen molar-refractivity contribution in [3.05, 3.63) is 97.2 Å². The Morgan fingerprint density at radius 2 is 0.510 bits per heavy atom. The molecule has 19 heteroatoms. The predicted octanol–water partition coefficient (Wildman–Crippen LogP) is 23.6. The molecule has 0 bridgehead atoms. The third kappa shape index (κ3) is 74.3. The summed E-state index contributed by atoms with van der Waals surface area (Å²) in [5.74, 6) is -2.20. The van der Waals surface area contributed by atoms with Gasteiger partial charge in [0, 0.05) is 25.7 Å². The summed E-state index contributed by atoms with van der Waals surface area (Å²) in [4.78, 5) is 73.0. The highest BCUT2D eigenvalue weighted by molar-refractivity contribution is 7.47. The second kappa shape index (κ2) is 75.2. The van der Waals surface area contributed by atoms with Gasteiger partial charge in [-0.25, -0.2) is 9.13 Å². The molecule has 0 aliphatic heterocycles. The van der Waals surface area contributed by atoms with E-state index in [2.05, 4.69) is 125 Å². The van der Waals surface area contributed by atoms with E-state index in [0.29, 0.717) is 25.7 Å². The van der Waals surface area contributed by atoms with Crippen molar-refractivity contribution in [3.8, 4) is 0 Å². The summed E-state index contributed by atoms with van der Waals surface area (Å²) in [6.45, 7) is 4.65. The van der Waals surface area contributed by atoms with Crippen molar-refractivity contribution in [1.29, 1.82) is 0 Å². The summed E-state index contributed by atoms with van der Waals surface area (Å²) in [6, 6.07) is 0. The average molecular weight is 1480 g/mol. The number of phosphoric acid groups is 2. The number of phosphoric ester groups is 2. The molecule has 0 aromatic rings. The Morgan fingerprint density at radius 3 is 0.794 bits per heavy atom. The van der Waals surface area contributed by atoms with E-state index in [1.54, 1.807) is 0 Å². The lowest BCUT2D eigenvalue weighted by Gasteiger charge is -2.21. The maximum atomic E-state index is 13.1. The summed E-state index contributed by atoms with van der Waals surface area (Å²) >= 11 is 0. The van der Waals surface area contributed by atoms with Crippen LogP contribution in [-0.2, 0) is 65.4 Å². The molecule has 0 heterocycles. The molecular formula is C83H146O17P2. The maximum absolute atomic E-state index is 13.1. The zero-order valence-electron chi connectivity index (χ0n) is 64.5. The van der Waals surface area contributed by atoms with Crippen molar-refractivity contribution >= 4 is 39.5 Å². The molecule has 0 radical (unpaired) electrons. The monoisotopic (exact) mass is 1480 g/mol. The fourth-order valence-electron chi connectivity index (χ4n) is 10.9. The molecular weight excluding hydrogens is 1330 g/mol. The number of esters is 4. The van der Waals surface area contributed by atoms with Crippen molar-refractivity contribution in [2.75, 3.05) is 39.6 Å². The molecule has 0 saturated carbocycles. The highest BCUT2D eigenvalue weighted by Gasteiger charge is 2.30. The van der Waals surface area contributed by atoms with Gasteiger partial charge in [0.15, 0.2) is 12.2 Å². The van der Waals surface area contributed by atoms with Crippen LogP contribution in [0, 0.1) is 0 Å². The van der Waals surface area contributed by atoms with E-state index in [0.717, 1.165) is 180 Å². The Bertz CT molecular complexity index is 2310. The first-order valence-corrected chi connectivity index (χ1v) is 43.5. The normalized spacial score (nSPS) is 14.4. The first-order valence-electron chi connectivity index (χ1n) is 40.5. The van der Waals surface area contributed by atoms with Gasteiger partial charge in [-0.1, -0.05) is 298 Å². The van der Waals surface area contributed by atoms with E-state index in [1.165, 1.54) is 89.9 Å². The molecule has 0 aromatic heterocycles. The number of hydrogen-bond acceptors (Lipinski definition) is 15. The van der Waals surface area contributed by atoms with Gasteiger partial charge in [0.1, 0.15) is 19.3 Å². The molecule has 0 spiro atoms. The number of unbranched alkanes of at least 4 members (excludes halogenated alkanes) is 34. The summed E-state index contributed by atoms with van der Waals surface area (Å²) in [7, 11) is -9.96. The van der Waals surface area contributed by atoms with Crippen LogP contribution in [0.5, 0.6) is 0 Å². The van der Waals surface area contributed by atoms with Gasteiger partial charge in [-0.2, -0.15) is 0 Å². The van der Waals surface area contributed by atoms with Gasteiger partial charge < -0.3 is 33.8 Å². The highest BCUT2D eigenvalue weighted by Crippen LogP contribution is 2.45. The SMILES string of the molecule is CC/C=C\C/C=C\C/C=C\C/C=C\CCCCCCC(=O)OCC(COP(=O)(O)OCC(O)COP(=O)(O)OCC(COC(=O)CCCCCCC/C=C\CCCCCCCC)OC(=O)CCCCCCCCCCCCCCC)OC(=O)CCCCCCCCC/C=C\C/C=C\C/C=C\CC. The predicted molar refractivity (Wildman–Crippen MR) is 418 cm³/mol. The lowest BCUT2D eigenvalue weighted by molar-refractivity contribution is -0.161. The van der Waals surface area contributed by atoms with Gasteiger partial charge in [0.2, 0.25) is 0 Å². The molecule has 5 atom stereocenters. The molecule has 590 valence electrons. The Labute approximate surface area is 620 Å². The van der Waals surface area contributed by atoms with Gasteiger partial charge >= 0.3 is 39.5 Å². The Kier molecular flexibility index (Phi) is 72.3. The van der Waals surface area contributed by atoms with Gasteiger partial charge in [-0.05, 0) is 122 Å². The summed E-state index contributed by atoms with van der Waals surface area (Å²) in [5.41, 5.74) is 0. The van der Waals surface area contributed by atoms with E-state index >= 15 is 0 Å². The minimum Gasteiger partial charge on any atom is -0.462 e. The minimum absolute atomic E-state index is 0.0778. The first-order chi connectivity index (χ1) is 49.7. The third-order valence-corrected chi connectivity index (χ3v) is 18.9. The summed E-state index contributed by atoms with van der Waals surface area (Å²) < 4.78 is 68.6. The zero-order chi connectivity index (χ0) is 74.6. The standard InChI is InChI=1S/C83H146O17P2/c1-5-9-13-17-21-25-29-33-36-38-41-45-48-52-56-60-64-68-81(86)94-74-79(100-83(88)70-66-62-58-54-50-46-42-39-37-34-30-26-22-18-14-10-6-2)76-98-102(91,92)96-72-77(84)71-95-101(89,90)97-75-78(99-82(87)69-65-61-57-53-49-43-32-28-24-20-16-12-8-4)73-93-80(85)67-63-59-55-51-47-44-40-35-31-27-23-19-15-11-7-3/h9-10,13-14,21-22,25-26,33-37,40-41,45,77-79,84H,5-8,11-12,15-20,23-24,27-32,38-39,42-44,46-76H2,1-4H3,(H,89,90)(H,91,92)/b13-9-,14-10-,25-21-,26-22-,36-33-,37-34-,40-35-,45-41-. The van der Waals surface area contributed by atoms with Gasteiger partial charge in [-0.3, -0.25) is 37.3 Å². The Morgan fingerprint density at radius 1 is 0.284 bits per heavy atom. The number of allylic oxidation sites excluding steroid dienone is 16. The van der Waals surface area contributed by atoms with Crippen LogP contribution in [-0.4, -0.2) is 96.7 Å². The van der Waals surface area contributed by atoms with Crippen LogP contribution >= 0.6 is 15.6 Å². The topological polar surface area (TPSA) is 237 Å². The molecule has 0 aliphatic rings. The third-order valence-electron chi connectivity index (χ3n) is 17.0. The lowest BCUT2D eigenvalue weighted by atomic mass is 10.0. The summed E-state index contributed by atoms with van der Waals surface area (Å²) in [6.07, 6.45) is 79.5. The molecule has 3 N–H and O–H groups in total. The number of aliphatic hydroxyl groups excluding tert-OH is 1. The van der Waals surface area contributed by atoms with Crippen molar-refractivity contribution < 1.29 is 80.2 Å². The molecule has 0 aliphatic carbocycles. The van der Waals surface area contributed by atoms with Gasteiger partial charge in [0.05, 0.1) is 26.4 Å². The van der Waals surface area contributed by atoms with E-state index in [-0.39, 0.29) is 25.7 Å². The van der Waals surface area contributed by atoms with Crippen LogP contribution < -0.4 is 0 Å². The largest absolute Gasteiger partial charge is 0.472 e. The van der Waals surface area contributed by atoms with E-state index in [9.17, 15) is 43.2 Å². The molecule has 0 amide bonds. The fourth-order valence-corrected chi connectivity index (χ4v) is 12.5. The van der Waals surface area contributed by atoms with Crippen molar-refractivity contribution in [2.45, 2.75) is 367 Å². The van der Waals surface area contributed by atoms with E-state index in [4.69, 9.17) is 37.0 Å². The molecule has 5 unspecified atom stereocenters. The second-order valence-corrected chi connectivity index (χ2v) is 29.9. The van der Waals surface area contributed by atoms with Crippen molar-refractivity contribution in [3.63, 3.8) is 0 Å². The van der Waals surface area contributed by atoms with Crippen molar-refractivity contribution in [1.82, 2.24) is 0 Å². The number of ether oxygens (including phenoxy) is 4. The van der Waals surface area contributed by atoms with E-state index in [1.807, 2.05) is 0 Å². The van der Waals surface area contributed by atoms with E-state index < -0.39 is 97.5 Å². The van der Waals surface area contributed by atoms with Crippen LogP contribution in [0.3, 0.4) is 0 Å². The van der Waals surface area contributed by atoms with Crippen LogP contribution in [0.1, 0.15) is 349 Å². The first kappa shape index (κ1) is 98.0. The van der Waals surface area contributed by atoms with Crippen LogP contribution in [0.25, 0.3) is 0 Å². The molecule has 0 rings (SSSR count). The number of carbonyl (C=O) groups excluding carboxylic acids is 4. The summed E-state index contributed by atoms with van der Waals surface area (Å²) in [5, 5.41) is 10.6. The maximum Gasteiger partial charge on any atom is 0.472 e. The highest BCUT2D eigenvalue weighted by atomic mass is 31.2. The van der Waals surface area contributed by atoms with Crippen LogP contribution in [0.2, 0.25) is 0 Å². The fraction of sp³-hybridized carbons (Fsp3) is 0.759. The number of hydrogen-bond donors (Lipinski definition) is 3. The second-order valence-electron chi connectivity index (χ2n) is 27.0. The number of rotatable bonds is 76. The lowest BCUT2D eigenvalue weighted by Crippen LogP contribution is -2.30. The number of aliphatic hydroxyl groups is 1. The van der Waals surface area contributed by atoms with Crippen LogP contribution in [0.15, 0.2) is 97.2 Å². The zero-order valence-corrected chi connectivity index (χ0v) is 66.3. The Balaban J connectivity index is 5.37. The molecule has 0 aromatic carbocycles. The van der Waals surface area contributed by atoms with Gasteiger partial charge in [-0.15, -0.1) is 0 Å². The van der Waals surface area contributed by atoms with Gasteiger partial charge in [0.25, 0.3) is 0 Å². The molecule has 17 nitrogen and oxygen atoms in total. The molecule has 102 heavy (non-hydrogen) atoms. The average Bonchev–Trinajstić information content (AvgIpc) is 0.959. The Hall–Kier alpha value is -4.02.